The van der Waals surface area contributed by atoms with Gasteiger partial charge in [0.15, 0.2) is 0 Å². The average Bonchev–Trinajstić information content (AvgIpc) is 2.55. The minimum absolute atomic E-state index is 0.127. The van der Waals surface area contributed by atoms with Gasteiger partial charge in [-0.05, 0) is 42.8 Å². The predicted molar refractivity (Wildman–Crippen MR) is 88.8 cm³/mol. The van der Waals surface area contributed by atoms with Crippen LogP contribution in [0.15, 0.2) is 42.0 Å². The van der Waals surface area contributed by atoms with Crippen LogP contribution >= 0.6 is 11.6 Å². The van der Waals surface area contributed by atoms with Gasteiger partial charge in [-0.25, -0.2) is 4.79 Å². The number of aliphatic carboxylic acids is 1. The maximum atomic E-state index is 13.1. The van der Waals surface area contributed by atoms with Crippen molar-refractivity contribution in [2.75, 3.05) is 0 Å². The monoisotopic (exact) mass is 384 g/mol. The molecule has 8 heteroatoms. The molecule has 0 fully saturated rings. The molecule has 1 atom stereocenters. The number of carbonyl (C=O) groups is 1. The summed E-state index contributed by atoms with van der Waals surface area (Å²) >= 11 is 6.08. The second-order valence-corrected chi connectivity index (χ2v) is 6.09. The second kappa shape index (κ2) is 6.57. The SMILES string of the molecule is Cc1ccc(Oc2ccc3c(c2)OC(C(F)(F)F)C(C(=O)O)=C3)c(Cl)c1. The summed E-state index contributed by atoms with van der Waals surface area (Å²) in [6.07, 6.45) is -6.47. The largest absolute Gasteiger partial charge is 0.478 e. The zero-order chi connectivity index (χ0) is 19.1. The van der Waals surface area contributed by atoms with Crippen LogP contribution in [0.25, 0.3) is 6.08 Å². The van der Waals surface area contributed by atoms with Gasteiger partial charge in [-0.1, -0.05) is 17.7 Å². The van der Waals surface area contributed by atoms with Crippen LogP contribution in [-0.4, -0.2) is 23.4 Å². The summed E-state index contributed by atoms with van der Waals surface area (Å²) in [7, 11) is 0. The van der Waals surface area contributed by atoms with Crippen LogP contribution in [0, 0.1) is 6.92 Å². The number of fused-ring (bicyclic) bond motifs is 1. The number of ether oxygens (including phenoxy) is 2. The third-order valence-electron chi connectivity index (χ3n) is 3.68. The Hall–Kier alpha value is -2.67. The van der Waals surface area contributed by atoms with Crippen LogP contribution in [0.3, 0.4) is 0 Å². The highest BCUT2D eigenvalue weighted by Crippen LogP contribution is 2.40. The summed E-state index contributed by atoms with van der Waals surface area (Å²) in [6, 6.07) is 9.27. The Morgan fingerprint density at radius 3 is 2.58 bits per heavy atom. The van der Waals surface area contributed by atoms with Crippen molar-refractivity contribution in [1.82, 2.24) is 0 Å². The van der Waals surface area contributed by atoms with E-state index >= 15 is 0 Å². The van der Waals surface area contributed by atoms with Crippen LogP contribution in [0.2, 0.25) is 5.02 Å². The van der Waals surface area contributed by atoms with Crippen molar-refractivity contribution in [3.05, 3.63) is 58.1 Å². The fourth-order valence-corrected chi connectivity index (χ4v) is 2.74. The molecule has 4 nitrogen and oxygen atoms in total. The van der Waals surface area contributed by atoms with Gasteiger partial charge in [-0.15, -0.1) is 0 Å². The molecule has 1 aliphatic rings. The highest BCUT2D eigenvalue weighted by atomic mass is 35.5. The molecule has 3 rings (SSSR count). The van der Waals surface area contributed by atoms with Gasteiger partial charge < -0.3 is 14.6 Å². The first-order valence-electron chi connectivity index (χ1n) is 7.41. The fourth-order valence-electron chi connectivity index (χ4n) is 2.47. The first kappa shape index (κ1) is 18.1. The molecule has 2 aromatic rings. The Morgan fingerprint density at radius 1 is 1.23 bits per heavy atom. The molecular weight excluding hydrogens is 373 g/mol. The molecule has 0 amide bonds. The molecule has 1 N–H and O–H groups in total. The zero-order valence-corrected chi connectivity index (χ0v) is 14.1. The van der Waals surface area contributed by atoms with Crippen molar-refractivity contribution in [1.29, 1.82) is 0 Å². The molecule has 0 bridgehead atoms. The lowest BCUT2D eigenvalue weighted by Crippen LogP contribution is -2.40. The molecule has 1 heterocycles. The normalized spacial score (nSPS) is 16.3. The lowest BCUT2D eigenvalue weighted by molar-refractivity contribution is -0.187. The van der Waals surface area contributed by atoms with E-state index in [0.29, 0.717) is 10.8 Å². The summed E-state index contributed by atoms with van der Waals surface area (Å²) in [4.78, 5) is 11.1. The van der Waals surface area contributed by atoms with E-state index in [-0.39, 0.29) is 17.1 Å². The molecule has 0 saturated carbocycles. The molecule has 1 unspecified atom stereocenters. The van der Waals surface area contributed by atoms with Gasteiger partial charge in [0.05, 0.1) is 10.6 Å². The predicted octanol–water partition coefficient (Wildman–Crippen LogP) is 5.23. The van der Waals surface area contributed by atoms with Crippen molar-refractivity contribution in [2.24, 2.45) is 0 Å². The molecule has 0 saturated heterocycles. The van der Waals surface area contributed by atoms with Crippen molar-refractivity contribution in [3.63, 3.8) is 0 Å². The fraction of sp³-hybridized carbons (Fsp3) is 0.167. The maximum absolute atomic E-state index is 13.1. The van der Waals surface area contributed by atoms with Gasteiger partial charge in [0.2, 0.25) is 6.10 Å². The summed E-state index contributed by atoms with van der Waals surface area (Å²) < 4.78 is 49.8. The zero-order valence-electron chi connectivity index (χ0n) is 13.3. The van der Waals surface area contributed by atoms with Gasteiger partial charge in [0.1, 0.15) is 17.2 Å². The number of carboxylic acid groups (broad SMARTS) is 1. The summed E-state index contributed by atoms with van der Waals surface area (Å²) in [6.45, 7) is 1.85. The Balaban J connectivity index is 1.95. The lowest BCUT2D eigenvalue weighted by atomic mass is 10.0. The molecule has 0 spiro atoms. The molecule has 1 aliphatic heterocycles. The quantitative estimate of drug-likeness (QED) is 0.787. The van der Waals surface area contributed by atoms with Gasteiger partial charge in [0.25, 0.3) is 0 Å². The number of hydrogen-bond donors (Lipinski definition) is 1. The van der Waals surface area contributed by atoms with E-state index in [1.807, 2.05) is 6.92 Å². The molecule has 0 aromatic heterocycles. The smallest absolute Gasteiger partial charge is 0.430 e. The van der Waals surface area contributed by atoms with Crippen molar-refractivity contribution >= 4 is 23.6 Å². The van der Waals surface area contributed by atoms with E-state index in [9.17, 15) is 18.0 Å². The number of halogens is 4. The highest BCUT2D eigenvalue weighted by molar-refractivity contribution is 6.32. The highest BCUT2D eigenvalue weighted by Gasteiger charge is 2.48. The third-order valence-corrected chi connectivity index (χ3v) is 3.98. The molecule has 136 valence electrons. The van der Waals surface area contributed by atoms with Crippen LogP contribution in [0.5, 0.6) is 17.2 Å². The molecule has 2 aromatic carbocycles. The average molecular weight is 385 g/mol. The number of hydrogen-bond acceptors (Lipinski definition) is 3. The number of rotatable bonds is 3. The summed E-state index contributed by atoms with van der Waals surface area (Å²) in [5.41, 5.74) is 0.265. The molecule has 0 aliphatic carbocycles. The van der Waals surface area contributed by atoms with E-state index in [0.717, 1.165) is 11.6 Å². The third kappa shape index (κ3) is 3.62. The minimum Gasteiger partial charge on any atom is -0.478 e. The number of benzene rings is 2. The molecule has 0 radical (unpaired) electrons. The summed E-state index contributed by atoms with van der Waals surface area (Å²) in [5, 5.41) is 9.36. The number of alkyl halides is 3. The van der Waals surface area contributed by atoms with Crippen LogP contribution < -0.4 is 9.47 Å². The molecule has 26 heavy (non-hydrogen) atoms. The Kier molecular flexibility index (Phi) is 4.58. The number of carboxylic acids is 1. The Morgan fingerprint density at radius 2 is 1.96 bits per heavy atom. The van der Waals surface area contributed by atoms with Crippen LogP contribution in [-0.2, 0) is 4.79 Å². The standard InChI is InChI=1S/C18H12ClF3O4/c1-9-2-5-14(13(19)6-9)25-11-4-3-10-7-12(17(23)24)16(18(20,21)22)26-15(10)8-11/h2-8,16H,1H3,(H,23,24). The van der Waals surface area contributed by atoms with Gasteiger partial charge in [-0.2, -0.15) is 13.2 Å². The van der Waals surface area contributed by atoms with E-state index < -0.39 is 23.8 Å². The van der Waals surface area contributed by atoms with Crippen molar-refractivity contribution < 1.29 is 32.5 Å². The van der Waals surface area contributed by atoms with E-state index in [2.05, 4.69) is 0 Å². The summed E-state index contributed by atoms with van der Waals surface area (Å²) in [5.74, 6) is -1.27. The first-order valence-corrected chi connectivity index (χ1v) is 7.79. The van der Waals surface area contributed by atoms with Crippen molar-refractivity contribution in [2.45, 2.75) is 19.2 Å². The lowest BCUT2D eigenvalue weighted by Gasteiger charge is -2.27. The second-order valence-electron chi connectivity index (χ2n) is 5.68. The van der Waals surface area contributed by atoms with E-state index in [4.69, 9.17) is 26.2 Å². The Labute approximate surface area is 151 Å². The molecular formula is C18H12ClF3O4. The maximum Gasteiger partial charge on any atom is 0.430 e. The van der Waals surface area contributed by atoms with E-state index in [1.54, 1.807) is 18.2 Å². The van der Waals surface area contributed by atoms with Crippen LogP contribution in [0.1, 0.15) is 11.1 Å². The van der Waals surface area contributed by atoms with Gasteiger partial charge in [0, 0.05) is 11.6 Å². The number of aryl methyl sites for hydroxylation is 1. The minimum atomic E-state index is -4.86. The van der Waals surface area contributed by atoms with E-state index in [1.165, 1.54) is 18.2 Å². The topological polar surface area (TPSA) is 55.8 Å². The van der Waals surface area contributed by atoms with Crippen LogP contribution in [0.4, 0.5) is 13.2 Å². The first-order chi connectivity index (χ1) is 12.1. The van der Waals surface area contributed by atoms with Gasteiger partial charge >= 0.3 is 12.1 Å². The van der Waals surface area contributed by atoms with Gasteiger partial charge in [-0.3, -0.25) is 0 Å². The van der Waals surface area contributed by atoms with Crippen molar-refractivity contribution in [3.8, 4) is 17.2 Å². The Bertz CT molecular complexity index is 906.